The van der Waals surface area contributed by atoms with Crippen molar-refractivity contribution in [1.29, 1.82) is 0 Å². The van der Waals surface area contributed by atoms with E-state index in [1.807, 2.05) is 0 Å². The number of methoxy groups -OCH3 is 1. The van der Waals surface area contributed by atoms with Gasteiger partial charge in [0.25, 0.3) is 0 Å². The van der Waals surface area contributed by atoms with Gasteiger partial charge in [0.1, 0.15) is 10.8 Å². The summed E-state index contributed by atoms with van der Waals surface area (Å²) in [6.07, 6.45) is 0.111. The number of nitrogens with zero attached hydrogens (tertiary/aromatic N) is 1. The van der Waals surface area contributed by atoms with Crippen molar-refractivity contribution >= 4 is 17.3 Å². The summed E-state index contributed by atoms with van der Waals surface area (Å²) in [7, 11) is 1.32. The average molecular weight is 299 g/mol. The van der Waals surface area contributed by atoms with Crippen LogP contribution in [-0.4, -0.2) is 24.7 Å². The van der Waals surface area contributed by atoms with Crippen LogP contribution in [0.3, 0.4) is 0 Å². The summed E-state index contributed by atoms with van der Waals surface area (Å²) in [5, 5.41) is 2.46. The minimum atomic E-state index is -2.84. The van der Waals surface area contributed by atoms with Gasteiger partial charge in [-0.25, -0.2) is 4.98 Å². The van der Waals surface area contributed by atoms with Crippen LogP contribution in [-0.2, 0) is 16.0 Å². The number of halogens is 2. The van der Waals surface area contributed by atoms with Crippen molar-refractivity contribution in [2.24, 2.45) is 0 Å². The van der Waals surface area contributed by atoms with E-state index in [1.54, 1.807) is 17.5 Å². The highest BCUT2D eigenvalue weighted by atomic mass is 32.1. The van der Waals surface area contributed by atoms with E-state index < -0.39 is 6.61 Å². The standard InChI is InChI=1S/C13H11F2NO3S/c1-18-11(17)6-9-7-20-12(16-9)8-2-4-10(5-3-8)19-13(14)15/h2-5,7,13H,6H2,1H3. The van der Waals surface area contributed by atoms with Gasteiger partial charge in [-0.3, -0.25) is 4.79 Å². The number of rotatable bonds is 5. The van der Waals surface area contributed by atoms with Crippen molar-refractivity contribution < 1.29 is 23.0 Å². The molecule has 2 rings (SSSR count). The zero-order chi connectivity index (χ0) is 14.5. The number of esters is 1. The van der Waals surface area contributed by atoms with Crippen molar-refractivity contribution in [3.05, 3.63) is 35.3 Å². The Kier molecular flexibility index (Phi) is 4.62. The molecule has 0 saturated carbocycles. The Hall–Kier alpha value is -2.02. The minimum absolute atomic E-state index is 0.0927. The van der Waals surface area contributed by atoms with Crippen molar-refractivity contribution in [3.63, 3.8) is 0 Å². The molecule has 20 heavy (non-hydrogen) atoms. The average Bonchev–Trinajstić information content (AvgIpc) is 2.87. The van der Waals surface area contributed by atoms with Gasteiger partial charge in [0.2, 0.25) is 0 Å². The largest absolute Gasteiger partial charge is 0.469 e. The maximum Gasteiger partial charge on any atom is 0.387 e. The molecule has 0 atom stereocenters. The predicted molar refractivity (Wildman–Crippen MR) is 69.9 cm³/mol. The van der Waals surface area contributed by atoms with Crippen LogP contribution < -0.4 is 4.74 Å². The molecule has 0 bridgehead atoms. The third-order valence-corrected chi connectivity index (χ3v) is 3.37. The molecule has 0 N–H and O–H groups in total. The molecule has 0 unspecified atom stereocenters. The molecule has 1 heterocycles. The first-order chi connectivity index (χ1) is 9.58. The first-order valence-electron chi connectivity index (χ1n) is 5.65. The topological polar surface area (TPSA) is 48.4 Å². The maximum atomic E-state index is 12.0. The molecule has 0 radical (unpaired) electrons. The first-order valence-corrected chi connectivity index (χ1v) is 6.53. The highest BCUT2D eigenvalue weighted by molar-refractivity contribution is 7.13. The van der Waals surface area contributed by atoms with Gasteiger partial charge in [-0.05, 0) is 24.3 Å². The first kappa shape index (κ1) is 14.4. The molecule has 0 saturated heterocycles. The quantitative estimate of drug-likeness (QED) is 0.796. The molecule has 0 aliphatic carbocycles. The molecule has 1 aromatic heterocycles. The van der Waals surface area contributed by atoms with Crippen LogP contribution in [0.2, 0.25) is 0 Å². The van der Waals surface area contributed by atoms with Gasteiger partial charge in [-0.2, -0.15) is 8.78 Å². The summed E-state index contributed by atoms with van der Waals surface area (Å²) in [5.41, 5.74) is 1.39. The molecule has 1 aromatic carbocycles. The Bertz CT molecular complexity index is 584. The Morgan fingerprint density at radius 3 is 2.65 bits per heavy atom. The number of hydrogen-bond acceptors (Lipinski definition) is 5. The van der Waals surface area contributed by atoms with E-state index in [1.165, 1.54) is 30.6 Å². The highest BCUT2D eigenvalue weighted by Crippen LogP contribution is 2.26. The molecule has 106 valence electrons. The fourth-order valence-corrected chi connectivity index (χ4v) is 2.35. The second kappa shape index (κ2) is 6.42. The molecule has 4 nitrogen and oxygen atoms in total. The van der Waals surface area contributed by atoms with Gasteiger partial charge in [0.15, 0.2) is 0 Å². The normalized spacial score (nSPS) is 10.6. The SMILES string of the molecule is COC(=O)Cc1csc(-c2ccc(OC(F)F)cc2)n1. The van der Waals surface area contributed by atoms with E-state index in [4.69, 9.17) is 0 Å². The summed E-state index contributed by atoms with van der Waals surface area (Å²) < 4.78 is 32.9. The fraction of sp³-hybridized carbons (Fsp3) is 0.231. The monoisotopic (exact) mass is 299 g/mol. The Labute approximate surface area is 118 Å². The molecule has 0 amide bonds. The summed E-state index contributed by atoms with van der Waals surface area (Å²) in [6, 6.07) is 6.17. The zero-order valence-corrected chi connectivity index (χ0v) is 11.3. The fourth-order valence-electron chi connectivity index (χ4n) is 1.52. The molecule has 2 aromatic rings. The lowest BCUT2D eigenvalue weighted by molar-refractivity contribution is -0.139. The van der Waals surface area contributed by atoms with E-state index in [-0.39, 0.29) is 18.1 Å². The second-order valence-corrected chi connectivity index (χ2v) is 4.66. The van der Waals surface area contributed by atoms with E-state index in [0.717, 1.165) is 5.56 Å². The summed E-state index contributed by atoms with van der Waals surface area (Å²) in [4.78, 5) is 15.4. The third-order valence-electron chi connectivity index (χ3n) is 2.43. The summed E-state index contributed by atoms with van der Waals surface area (Å²) >= 11 is 1.37. The Morgan fingerprint density at radius 2 is 2.05 bits per heavy atom. The number of ether oxygens (including phenoxy) is 2. The van der Waals surface area contributed by atoms with Crippen LogP contribution in [0.4, 0.5) is 8.78 Å². The minimum Gasteiger partial charge on any atom is -0.469 e. The molecule has 7 heteroatoms. The molecule has 0 aliphatic rings. The van der Waals surface area contributed by atoms with Crippen LogP contribution in [0.5, 0.6) is 5.75 Å². The smallest absolute Gasteiger partial charge is 0.387 e. The van der Waals surface area contributed by atoms with Gasteiger partial charge in [-0.15, -0.1) is 11.3 Å². The summed E-state index contributed by atoms with van der Waals surface area (Å²) in [6.45, 7) is -2.84. The van der Waals surface area contributed by atoms with Crippen LogP contribution >= 0.6 is 11.3 Å². The molecule has 0 spiro atoms. The Balaban J connectivity index is 2.10. The van der Waals surface area contributed by atoms with Crippen LogP contribution in [0.25, 0.3) is 10.6 Å². The van der Waals surface area contributed by atoms with E-state index in [2.05, 4.69) is 14.5 Å². The third kappa shape index (κ3) is 3.74. The van der Waals surface area contributed by atoms with Gasteiger partial charge >= 0.3 is 12.6 Å². The predicted octanol–water partition coefficient (Wildman–Crippen LogP) is 3.13. The zero-order valence-electron chi connectivity index (χ0n) is 10.5. The van der Waals surface area contributed by atoms with E-state index >= 15 is 0 Å². The van der Waals surface area contributed by atoms with Crippen LogP contribution in [0, 0.1) is 0 Å². The lowest BCUT2D eigenvalue weighted by Gasteiger charge is -2.04. The van der Waals surface area contributed by atoms with Gasteiger partial charge in [0, 0.05) is 10.9 Å². The second-order valence-electron chi connectivity index (χ2n) is 3.80. The van der Waals surface area contributed by atoms with Gasteiger partial charge in [-0.1, -0.05) is 0 Å². The lowest BCUT2D eigenvalue weighted by Crippen LogP contribution is -2.04. The van der Waals surface area contributed by atoms with Crippen molar-refractivity contribution in [3.8, 4) is 16.3 Å². The van der Waals surface area contributed by atoms with Crippen LogP contribution in [0.1, 0.15) is 5.69 Å². The van der Waals surface area contributed by atoms with Crippen molar-refractivity contribution in [1.82, 2.24) is 4.98 Å². The number of aromatic nitrogens is 1. The number of thiazole rings is 1. The molecule has 0 fully saturated rings. The highest BCUT2D eigenvalue weighted by Gasteiger charge is 2.10. The van der Waals surface area contributed by atoms with Gasteiger partial charge in [0.05, 0.1) is 19.2 Å². The van der Waals surface area contributed by atoms with Crippen LogP contribution in [0.15, 0.2) is 29.6 Å². The van der Waals surface area contributed by atoms with Crippen molar-refractivity contribution in [2.45, 2.75) is 13.0 Å². The van der Waals surface area contributed by atoms with Crippen molar-refractivity contribution in [2.75, 3.05) is 7.11 Å². The Morgan fingerprint density at radius 1 is 1.35 bits per heavy atom. The molecular weight excluding hydrogens is 288 g/mol. The molecule has 0 aliphatic heterocycles. The number of benzene rings is 1. The number of carbonyl (C=O) groups excluding carboxylic acids is 1. The lowest BCUT2D eigenvalue weighted by atomic mass is 10.2. The van der Waals surface area contributed by atoms with Gasteiger partial charge < -0.3 is 9.47 Å². The number of carbonyl (C=O) groups is 1. The maximum absolute atomic E-state index is 12.0. The van der Waals surface area contributed by atoms with E-state index in [0.29, 0.717) is 10.7 Å². The summed E-state index contributed by atoms with van der Waals surface area (Å²) in [5.74, 6) is -0.266. The molecular formula is C13H11F2NO3S. The van der Waals surface area contributed by atoms with E-state index in [9.17, 15) is 13.6 Å². The number of hydrogen-bond donors (Lipinski definition) is 0. The number of alkyl halides is 2.